The number of aliphatic hydroxyl groups is 1. The number of nitrogens with one attached hydrogen (secondary N) is 1. The van der Waals surface area contributed by atoms with Gasteiger partial charge in [0.15, 0.2) is 9.90 Å². The first-order chi connectivity index (χ1) is 9.42. The van der Waals surface area contributed by atoms with Crippen molar-refractivity contribution in [3.8, 4) is 0 Å². The van der Waals surface area contributed by atoms with Gasteiger partial charge in [-0.2, -0.15) is 0 Å². The SMILES string of the molecule is COCC(O)CCNS(=O)(=O)c1scnc1C(=O)OC. The Balaban J connectivity index is 2.70. The molecule has 2 N–H and O–H groups in total. The molecule has 20 heavy (non-hydrogen) atoms. The van der Waals surface area contributed by atoms with Crippen LogP contribution in [0.1, 0.15) is 16.9 Å². The van der Waals surface area contributed by atoms with Crippen LogP contribution in [-0.2, 0) is 19.5 Å². The molecule has 0 radical (unpaired) electrons. The van der Waals surface area contributed by atoms with Crippen LogP contribution >= 0.6 is 11.3 Å². The summed E-state index contributed by atoms with van der Waals surface area (Å²) in [5, 5.41) is 9.41. The van der Waals surface area contributed by atoms with Crippen LogP contribution in [0.5, 0.6) is 0 Å². The van der Waals surface area contributed by atoms with Gasteiger partial charge in [0, 0.05) is 13.7 Å². The van der Waals surface area contributed by atoms with Crippen molar-refractivity contribution in [1.29, 1.82) is 0 Å². The molecule has 0 spiro atoms. The van der Waals surface area contributed by atoms with E-state index in [4.69, 9.17) is 4.74 Å². The molecule has 0 amide bonds. The highest BCUT2D eigenvalue weighted by molar-refractivity contribution is 7.91. The molecule has 0 saturated heterocycles. The molecular weight excluding hydrogens is 308 g/mol. The zero-order valence-corrected chi connectivity index (χ0v) is 12.7. The Hall–Kier alpha value is -1.07. The Kier molecular flexibility index (Phi) is 6.49. The molecule has 0 aliphatic heterocycles. The van der Waals surface area contributed by atoms with Crippen molar-refractivity contribution in [2.45, 2.75) is 16.7 Å². The number of aliphatic hydroxyl groups excluding tert-OH is 1. The smallest absolute Gasteiger partial charge is 0.358 e. The van der Waals surface area contributed by atoms with Gasteiger partial charge in [-0.05, 0) is 6.42 Å². The van der Waals surface area contributed by atoms with E-state index in [-0.39, 0.29) is 29.5 Å². The Labute approximate surface area is 120 Å². The summed E-state index contributed by atoms with van der Waals surface area (Å²) in [4.78, 5) is 15.1. The Bertz CT molecular complexity index is 542. The van der Waals surface area contributed by atoms with E-state index in [2.05, 4.69) is 14.4 Å². The van der Waals surface area contributed by atoms with E-state index < -0.39 is 22.1 Å². The first-order valence-corrected chi connectivity index (χ1v) is 7.97. The minimum Gasteiger partial charge on any atom is -0.464 e. The summed E-state index contributed by atoms with van der Waals surface area (Å²) >= 11 is 0.820. The highest BCUT2D eigenvalue weighted by Gasteiger charge is 2.26. The van der Waals surface area contributed by atoms with Crippen molar-refractivity contribution < 1.29 is 27.8 Å². The summed E-state index contributed by atoms with van der Waals surface area (Å²) < 4.78 is 35.3. The minimum atomic E-state index is -3.86. The fraction of sp³-hybridized carbons (Fsp3) is 0.600. The van der Waals surface area contributed by atoms with Crippen LogP contribution in [0.4, 0.5) is 0 Å². The third-order valence-electron chi connectivity index (χ3n) is 2.29. The molecule has 0 aliphatic rings. The summed E-state index contributed by atoms with van der Waals surface area (Å²) in [6, 6.07) is 0. The third kappa shape index (κ3) is 4.49. The topological polar surface area (TPSA) is 115 Å². The van der Waals surface area contributed by atoms with Crippen LogP contribution in [0.15, 0.2) is 9.72 Å². The number of hydrogen-bond donors (Lipinski definition) is 2. The number of ether oxygens (including phenoxy) is 2. The summed E-state index contributed by atoms with van der Waals surface area (Å²) in [5.41, 5.74) is 1.00. The number of aromatic nitrogens is 1. The average Bonchev–Trinajstić information content (AvgIpc) is 2.88. The van der Waals surface area contributed by atoms with E-state index in [9.17, 15) is 18.3 Å². The number of rotatable bonds is 8. The fourth-order valence-corrected chi connectivity index (χ4v) is 3.58. The highest BCUT2D eigenvalue weighted by Crippen LogP contribution is 2.20. The molecule has 8 nitrogen and oxygen atoms in total. The van der Waals surface area contributed by atoms with Gasteiger partial charge in [0.25, 0.3) is 10.0 Å². The van der Waals surface area contributed by atoms with E-state index in [0.29, 0.717) is 0 Å². The first kappa shape index (κ1) is 17.0. The Morgan fingerprint density at radius 1 is 1.55 bits per heavy atom. The molecule has 0 fully saturated rings. The molecule has 0 aliphatic carbocycles. The van der Waals surface area contributed by atoms with Gasteiger partial charge in [0.05, 0.1) is 25.3 Å². The van der Waals surface area contributed by atoms with Gasteiger partial charge in [-0.3, -0.25) is 0 Å². The van der Waals surface area contributed by atoms with Gasteiger partial charge in [-0.1, -0.05) is 0 Å². The van der Waals surface area contributed by atoms with Gasteiger partial charge < -0.3 is 14.6 Å². The maximum Gasteiger partial charge on any atom is 0.358 e. The molecule has 114 valence electrons. The quantitative estimate of drug-likeness (QED) is 0.625. The van der Waals surface area contributed by atoms with Crippen LogP contribution in [0, 0.1) is 0 Å². The van der Waals surface area contributed by atoms with Crippen molar-refractivity contribution in [1.82, 2.24) is 9.71 Å². The van der Waals surface area contributed by atoms with Crippen LogP contribution < -0.4 is 4.72 Å². The second-order valence-corrected chi connectivity index (χ2v) is 6.59. The van der Waals surface area contributed by atoms with Crippen LogP contribution in [0.3, 0.4) is 0 Å². The van der Waals surface area contributed by atoms with Crippen molar-refractivity contribution in [2.75, 3.05) is 27.4 Å². The van der Waals surface area contributed by atoms with Crippen LogP contribution in [-0.4, -0.2) is 58.0 Å². The second-order valence-electron chi connectivity index (χ2n) is 3.78. The predicted molar refractivity (Wildman–Crippen MR) is 71.1 cm³/mol. The summed E-state index contributed by atoms with van der Waals surface area (Å²) in [7, 11) is -1.28. The van der Waals surface area contributed by atoms with E-state index in [1.807, 2.05) is 0 Å². The van der Waals surface area contributed by atoms with E-state index in [1.165, 1.54) is 12.6 Å². The molecule has 0 bridgehead atoms. The maximum atomic E-state index is 12.0. The molecule has 0 saturated carbocycles. The van der Waals surface area contributed by atoms with E-state index in [0.717, 1.165) is 18.4 Å². The maximum absolute atomic E-state index is 12.0. The van der Waals surface area contributed by atoms with E-state index >= 15 is 0 Å². The molecular formula is C10H16N2O6S2. The van der Waals surface area contributed by atoms with Gasteiger partial charge in [0.2, 0.25) is 0 Å². The monoisotopic (exact) mass is 324 g/mol. The second kappa shape index (κ2) is 7.64. The predicted octanol–water partition coefficient (Wildman–Crippen LogP) is -0.395. The molecule has 1 unspecified atom stereocenters. The number of carbonyl (C=O) groups excluding carboxylic acids is 1. The minimum absolute atomic E-state index is 0.0192. The number of sulfonamides is 1. The third-order valence-corrected chi connectivity index (χ3v) is 5.12. The lowest BCUT2D eigenvalue weighted by molar-refractivity contribution is 0.0589. The van der Waals surface area contributed by atoms with Gasteiger partial charge >= 0.3 is 5.97 Å². The van der Waals surface area contributed by atoms with Crippen LogP contribution in [0.2, 0.25) is 0 Å². The Morgan fingerprint density at radius 3 is 2.85 bits per heavy atom. The van der Waals surface area contributed by atoms with Gasteiger partial charge in [-0.25, -0.2) is 22.9 Å². The van der Waals surface area contributed by atoms with E-state index in [1.54, 1.807) is 0 Å². The number of nitrogens with zero attached hydrogens (tertiary/aromatic N) is 1. The molecule has 1 rings (SSSR count). The van der Waals surface area contributed by atoms with Gasteiger partial charge in [0.1, 0.15) is 0 Å². The van der Waals surface area contributed by atoms with Crippen molar-refractivity contribution >= 4 is 27.3 Å². The lowest BCUT2D eigenvalue weighted by atomic mass is 10.3. The molecule has 0 aromatic carbocycles. The Morgan fingerprint density at radius 2 is 2.25 bits per heavy atom. The number of hydrogen-bond acceptors (Lipinski definition) is 8. The molecule has 1 heterocycles. The molecule has 1 aromatic rings. The largest absolute Gasteiger partial charge is 0.464 e. The van der Waals surface area contributed by atoms with Crippen molar-refractivity contribution in [2.24, 2.45) is 0 Å². The number of methoxy groups -OCH3 is 2. The van der Waals surface area contributed by atoms with Crippen LogP contribution in [0.25, 0.3) is 0 Å². The lowest BCUT2D eigenvalue weighted by Crippen LogP contribution is -2.29. The summed E-state index contributed by atoms with van der Waals surface area (Å²) in [6.45, 7) is 0.140. The molecule has 10 heteroatoms. The number of esters is 1. The first-order valence-electron chi connectivity index (χ1n) is 5.60. The lowest BCUT2D eigenvalue weighted by Gasteiger charge is -2.10. The molecule has 1 aromatic heterocycles. The zero-order chi connectivity index (χ0) is 15.2. The summed E-state index contributed by atoms with van der Waals surface area (Å²) in [5.74, 6) is -0.814. The fourth-order valence-electron chi connectivity index (χ4n) is 1.36. The molecule has 1 atom stereocenters. The zero-order valence-electron chi connectivity index (χ0n) is 11.0. The summed E-state index contributed by atoms with van der Waals surface area (Å²) in [6.07, 6.45) is -0.566. The number of thiazole rings is 1. The number of carbonyl (C=O) groups is 1. The van der Waals surface area contributed by atoms with Crippen molar-refractivity contribution in [3.05, 3.63) is 11.2 Å². The normalized spacial score (nSPS) is 13.2. The average molecular weight is 324 g/mol. The van der Waals surface area contributed by atoms with Gasteiger partial charge in [-0.15, -0.1) is 11.3 Å². The van der Waals surface area contributed by atoms with Crippen molar-refractivity contribution in [3.63, 3.8) is 0 Å². The highest BCUT2D eigenvalue weighted by atomic mass is 32.2. The standard InChI is InChI=1S/C10H16N2O6S2/c1-17-5-7(13)3-4-12-20(15,16)10-8(9(14)18-2)11-6-19-10/h6-7,12-13H,3-5H2,1-2H3.